The fourth-order valence-electron chi connectivity index (χ4n) is 7.05. The van der Waals surface area contributed by atoms with E-state index in [1.165, 1.54) is 44.0 Å². The van der Waals surface area contributed by atoms with E-state index in [-0.39, 0.29) is 5.92 Å². The maximum atomic E-state index is 5.67. The van der Waals surface area contributed by atoms with Gasteiger partial charge in [-0.15, -0.1) is 0 Å². The lowest BCUT2D eigenvalue weighted by molar-refractivity contribution is 0.249. The van der Waals surface area contributed by atoms with E-state index < -0.39 is 0 Å². The highest BCUT2D eigenvalue weighted by Gasteiger charge is 2.25. The highest BCUT2D eigenvalue weighted by Crippen LogP contribution is 2.40. The summed E-state index contributed by atoms with van der Waals surface area (Å²) in [5, 5.41) is 3.80. The summed E-state index contributed by atoms with van der Waals surface area (Å²) >= 11 is 3.92. The van der Waals surface area contributed by atoms with Crippen LogP contribution in [0.2, 0.25) is 0 Å². The highest BCUT2D eigenvalue weighted by atomic mass is 79.9. The molecule has 4 aromatic carbocycles. The molecular formula is C42H47BrN4. The average molecular weight is 688 g/mol. The topological polar surface area (TPSA) is 22.6 Å². The molecule has 1 aliphatic heterocycles. The van der Waals surface area contributed by atoms with E-state index >= 15 is 0 Å². The largest absolute Gasteiger partial charge is 0.354 e. The first-order chi connectivity index (χ1) is 22.9. The standard InChI is InChI=1S/C42H47BrN4/c1-5-13-31(6-2)26-35-27-34-28-36(43)29-40(39(20-21-45(3)4)38-19-12-17-33-16-10-11-18-37(33)38)41(34)44-42(35)47-24-22-46(23-25-47)30-32-14-8-7-9-15-32/h5-19,27-29,39H,20-26,30H2,1-4H3/b13-5-,31-6+. The summed E-state index contributed by atoms with van der Waals surface area (Å²) in [6.45, 7) is 10.2. The minimum absolute atomic E-state index is 0.201. The zero-order valence-corrected chi connectivity index (χ0v) is 29.9. The molecule has 5 heteroatoms. The van der Waals surface area contributed by atoms with Crippen molar-refractivity contribution in [2.24, 2.45) is 0 Å². The fraction of sp³-hybridized carbons (Fsp3) is 0.310. The number of aromatic nitrogens is 1. The predicted molar refractivity (Wildman–Crippen MR) is 205 cm³/mol. The summed E-state index contributed by atoms with van der Waals surface area (Å²) < 4.78 is 1.10. The van der Waals surface area contributed by atoms with Gasteiger partial charge in [0, 0.05) is 54.9 Å². The number of anilines is 1. The lowest BCUT2D eigenvalue weighted by Gasteiger charge is -2.36. The summed E-state index contributed by atoms with van der Waals surface area (Å²) in [4.78, 5) is 13.1. The SMILES string of the molecule is C/C=C\C(=C/C)Cc1cc2cc(Br)cc(C(CCN(C)C)c3cccc4ccccc34)c2nc1N1CCN(Cc2ccccc2)CC1. The lowest BCUT2D eigenvalue weighted by atomic mass is 9.84. The molecule has 0 aliphatic carbocycles. The molecule has 0 spiro atoms. The van der Waals surface area contributed by atoms with Crippen LogP contribution < -0.4 is 4.90 Å². The minimum atomic E-state index is 0.201. The molecule has 0 radical (unpaired) electrons. The van der Waals surface area contributed by atoms with E-state index in [1.807, 2.05) is 0 Å². The Labute approximate surface area is 289 Å². The van der Waals surface area contributed by atoms with Crippen LogP contribution in [0.1, 0.15) is 48.4 Å². The minimum Gasteiger partial charge on any atom is -0.354 e. The maximum absolute atomic E-state index is 5.67. The summed E-state index contributed by atoms with van der Waals surface area (Å²) in [5.74, 6) is 1.33. The Hall–Kier alpha value is -3.77. The van der Waals surface area contributed by atoms with Gasteiger partial charge >= 0.3 is 0 Å². The molecule has 2 heterocycles. The van der Waals surface area contributed by atoms with Gasteiger partial charge in [-0.3, -0.25) is 4.90 Å². The third-order valence-electron chi connectivity index (χ3n) is 9.47. The van der Waals surface area contributed by atoms with Gasteiger partial charge in [-0.1, -0.05) is 107 Å². The van der Waals surface area contributed by atoms with Crippen LogP contribution in [0.15, 0.2) is 119 Å². The Balaban J connectivity index is 1.45. The van der Waals surface area contributed by atoms with Crippen molar-refractivity contribution in [3.63, 3.8) is 0 Å². The third-order valence-corrected chi connectivity index (χ3v) is 9.93. The van der Waals surface area contributed by atoms with Crippen molar-refractivity contribution in [2.45, 2.75) is 39.2 Å². The summed E-state index contributed by atoms with van der Waals surface area (Å²) in [6, 6.07) is 33.4. The van der Waals surface area contributed by atoms with Gasteiger partial charge in [0.25, 0.3) is 0 Å². The number of benzene rings is 4. The number of allylic oxidation sites excluding steroid dienone is 4. The second kappa shape index (κ2) is 15.4. The Morgan fingerprint density at radius 3 is 2.34 bits per heavy atom. The van der Waals surface area contributed by atoms with Crippen LogP contribution in [0.3, 0.4) is 0 Å². The molecule has 1 saturated heterocycles. The molecule has 1 aromatic heterocycles. The number of piperazine rings is 1. The van der Waals surface area contributed by atoms with Crippen molar-refractivity contribution >= 4 is 43.4 Å². The van der Waals surface area contributed by atoms with Gasteiger partial charge in [-0.25, -0.2) is 4.98 Å². The van der Waals surface area contributed by atoms with Crippen molar-refractivity contribution in [1.82, 2.24) is 14.8 Å². The molecule has 1 aliphatic rings. The van der Waals surface area contributed by atoms with Gasteiger partial charge < -0.3 is 9.80 Å². The summed E-state index contributed by atoms with van der Waals surface area (Å²) in [6.07, 6.45) is 8.47. The lowest BCUT2D eigenvalue weighted by Crippen LogP contribution is -2.46. The molecule has 4 nitrogen and oxygen atoms in total. The zero-order valence-electron chi connectivity index (χ0n) is 28.3. The van der Waals surface area contributed by atoms with Crippen molar-refractivity contribution < 1.29 is 0 Å². The van der Waals surface area contributed by atoms with Crippen LogP contribution >= 0.6 is 15.9 Å². The number of nitrogens with zero attached hydrogens (tertiary/aromatic N) is 4. The summed E-state index contributed by atoms with van der Waals surface area (Å²) in [7, 11) is 4.34. The van der Waals surface area contributed by atoms with E-state index in [0.29, 0.717) is 0 Å². The molecule has 47 heavy (non-hydrogen) atoms. The van der Waals surface area contributed by atoms with Gasteiger partial charge in [0.2, 0.25) is 0 Å². The zero-order chi connectivity index (χ0) is 32.8. The molecule has 0 N–H and O–H groups in total. The van der Waals surface area contributed by atoms with Gasteiger partial charge in [-0.2, -0.15) is 0 Å². The fourth-order valence-corrected chi connectivity index (χ4v) is 7.54. The van der Waals surface area contributed by atoms with Crippen LogP contribution in [0.5, 0.6) is 0 Å². The highest BCUT2D eigenvalue weighted by molar-refractivity contribution is 9.10. The van der Waals surface area contributed by atoms with Crippen molar-refractivity contribution in [3.05, 3.63) is 142 Å². The molecule has 0 bridgehead atoms. The first-order valence-corrected chi connectivity index (χ1v) is 17.8. The second-order valence-corrected chi connectivity index (χ2v) is 14.0. The van der Waals surface area contributed by atoms with Gasteiger partial charge in [-0.05, 0) is 97.7 Å². The molecule has 0 saturated carbocycles. The van der Waals surface area contributed by atoms with Gasteiger partial charge in [0.1, 0.15) is 5.82 Å². The van der Waals surface area contributed by atoms with Crippen LogP contribution in [0.25, 0.3) is 21.7 Å². The normalized spacial score (nSPS) is 15.4. The second-order valence-electron chi connectivity index (χ2n) is 13.0. The number of hydrogen-bond acceptors (Lipinski definition) is 4. The van der Waals surface area contributed by atoms with E-state index in [9.17, 15) is 0 Å². The van der Waals surface area contributed by atoms with Crippen LogP contribution in [0.4, 0.5) is 5.82 Å². The number of halogens is 1. The molecule has 0 amide bonds. The average Bonchev–Trinajstić information content (AvgIpc) is 3.08. The Morgan fingerprint density at radius 2 is 1.60 bits per heavy atom. The smallest absolute Gasteiger partial charge is 0.132 e. The van der Waals surface area contributed by atoms with E-state index in [4.69, 9.17) is 4.98 Å². The van der Waals surface area contributed by atoms with Crippen LogP contribution in [0, 0.1) is 0 Å². The Morgan fingerprint density at radius 1 is 0.851 bits per heavy atom. The van der Waals surface area contributed by atoms with E-state index in [1.54, 1.807) is 0 Å². The van der Waals surface area contributed by atoms with Gasteiger partial charge in [0.15, 0.2) is 0 Å². The van der Waals surface area contributed by atoms with E-state index in [0.717, 1.165) is 67.9 Å². The van der Waals surface area contributed by atoms with Gasteiger partial charge in [0.05, 0.1) is 5.52 Å². The van der Waals surface area contributed by atoms with Crippen molar-refractivity contribution in [2.75, 3.05) is 51.7 Å². The number of rotatable bonds is 11. The maximum Gasteiger partial charge on any atom is 0.132 e. The first kappa shape index (κ1) is 33.1. The number of hydrogen-bond donors (Lipinski definition) is 0. The number of pyridine rings is 1. The van der Waals surface area contributed by atoms with Crippen LogP contribution in [-0.2, 0) is 13.0 Å². The first-order valence-electron chi connectivity index (χ1n) is 17.0. The predicted octanol–water partition coefficient (Wildman–Crippen LogP) is 9.62. The third kappa shape index (κ3) is 7.86. The molecule has 5 aromatic rings. The molecular weight excluding hydrogens is 640 g/mol. The Kier molecular flexibility index (Phi) is 10.9. The van der Waals surface area contributed by atoms with Crippen molar-refractivity contribution in [3.8, 4) is 0 Å². The summed E-state index contributed by atoms with van der Waals surface area (Å²) in [5.41, 5.74) is 7.76. The molecule has 6 rings (SSSR count). The number of fused-ring (bicyclic) bond motifs is 2. The van der Waals surface area contributed by atoms with Crippen molar-refractivity contribution in [1.29, 1.82) is 0 Å². The molecule has 1 fully saturated rings. The molecule has 1 unspecified atom stereocenters. The van der Waals surface area contributed by atoms with E-state index in [2.05, 4.69) is 168 Å². The quantitative estimate of drug-likeness (QED) is 0.129. The Bertz CT molecular complexity index is 1860. The monoisotopic (exact) mass is 686 g/mol. The molecule has 242 valence electrons. The van der Waals surface area contributed by atoms with Crippen LogP contribution in [-0.4, -0.2) is 61.6 Å². The molecule has 1 atom stereocenters.